The van der Waals surface area contributed by atoms with Gasteiger partial charge in [0.15, 0.2) is 0 Å². The van der Waals surface area contributed by atoms with E-state index in [0.29, 0.717) is 17.3 Å². The van der Waals surface area contributed by atoms with Crippen molar-refractivity contribution in [3.8, 4) is 0 Å². The number of hydrogen-bond donors (Lipinski definition) is 3. The predicted molar refractivity (Wildman–Crippen MR) is 37.5 cm³/mol. The Balaban J connectivity index is 2.42. The Morgan fingerprint density at radius 1 is 1.44 bits per heavy atom. The van der Waals surface area contributed by atoms with E-state index in [2.05, 4.69) is 5.32 Å². The minimum absolute atomic E-state index is 0.322. The first kappa shape index (κ1) is 6.42. The van der Waals surface area contributed by atoms with Crippen LogP contribution in [0.4, 0.5) is 0 Å². The van der Waals surface area contributed by atoms with Gasteiger partial charge in [-0.1, -0.05) is 0 Å². The SMILES string of the molecule is CC(=N)C(=N)C1CNC1. The average Bonchev–Trinajstić information content (AvgIpc) is 1.60. The summed E-state index contributed by atoms with van der Waals surface area (Å²) in [6, 6.07) is 0. The van der Waals surface area contributed by atoms with Gasteiger partial charge >= 0.3 is 0 Å². The van der Waals surface area contributed by atoms with Gasteiger partial charge in [-0.2, -0.15) is 0 Å². The molecular formula is C6H11N3. The molecule has 0 radical (unpaired) electrons. The predicted octanol–water partition coefficient (Wildman–Crippen LogP) is 0.265. The summed E-state index contributed by atoms with van der Waals surface area (Å²) in [4.78, 5) is 0. The Kier molecular flexibility index (Phi) is 1.62. The van der Waals surface area contributed by atoms with Crippen LogP contribution in [0.5, 0.6) is 0 Å². The van der Waals surface area contributed by atoms with E-state index in [0.717, 1.165) is 13.1 Å². The standard InChI is InChI=1S/C6H11N3/c1-4(7)6(8)5-2-9-3-5/h5,7-9H,2-3H2,1H3. The molecule has 3 nitrogen and oxygen atoms in total. The lowest BCUT2D eigenvalue weighted by Crippen LogP contribution is -2.47. The molecule has 0 saturated carbocycles. The summed E-state index contributed by atoms with van der Waals surface area (Å²) in [6.45, 7) is 3.44. The third kappa shape index (κ3) is 1.16. The maximum atomic E-state index is 7.34. The lowest BCUT2D eigenvalue weighted by atomic mass is 9.95. The Labute approximate surface area is 54.5 Å². The number of hydrogen-bond acceptors (Lipinski definition) is 3. The summed E-state index contributed by atoms with van der Waals surface area (Å²) in [6.07, 6.45) is 0. The first-order valence-corrected chi connectivity index (χ1v) is 3.06. The second-order valence-corrected chi connectivity index (χ2v) is 2.39. The summed E-state index contributed by atoms with van der Waals surface area (Å²) in [5.41, 5.74) is 0.898. The van der Waals surface area contributed by atoms with Crippen molar-refractivity contribution in [3.05, 3.63) is 0 Å². The first-order valence-electron chi connectivity index (χ1n) is 3.06. The first-order chi connectivity index (χ1) is 4.22. The minimum atomic E-state index is 0.322. The molecule has 0 aromatic heterocycles. The second-order valence-electron chi connectivity index (χ2n) is 2.39. The van der Waals surface area contributed by atoms with Gasteiger partial charge < -0.3 is 16.1 Å². The van der Waals surface area contributed by atoms with Crippen LogP contribution in [0, 0.1) is 16.7 Å². The van der Waals surface area contributed by atoms with Crippen molar-refractivity contribution >= 4 is 11.4 Å². The summed E-state index contributed by atoms with van der Waals surface area (Å²) in [5, 5.41) is 17.5. The molecule has 1 fully saturated rings. The summed E-state index contributed by atoms with van der Waals surface area (Å²) in [5.74, 6) is 0.322. The Bertz CT molecular complexity index is 146. The summed E-state index contributed by atoms with van der Waals surface area (Å²) >= 11 is 0. The van der Waals surface area contributed by atoms with Crippen LogP contribution in [0.3, 0.4) is 0 Å². The molecular weight excluding hydrogens is 114 g/mol. The highest BCUT2D eigenvalue weighted by Crippen LogP contribution is 2.04. The second kappa shape index (κ2) is 2.27. The number of rotatable bonds is 2. The van der Waals surface area contributed by atoms with Crippen molar-refractivity contribution in [2.75, 3.05) is 13.1 Å². The third-order valence-corrected chi connectivity index (χ3v) is 1.59. The van der Waals surface area contributed by atoms with Crippen LogP contribution >= 0.6 is 0 Å². The van der Waals surface area contributed by atoms with Gasteiger partial charge in [0.05, 0.1) is 5.71 Å². The van der Waals surface area contributed by atoms with E-state index in [-0.39, 0.29) is 0 Å². The zero-order chi connectivity index (χ0) is 6.85. The molecule has 1 aliphatic rings. The molecule has 0 aliphatic carbocycles. The fourth-order valence-electron chi connectivity index (χ4n) is 0.799. The fourth-order valence-corrected chi connectivity index (χ4v) is 0.799. The maximum absolute atomic E-state index is 7.34. The van der Waals surface area contributed by atoms with Gasteiger partial charge in [-0.3, -0.25) is 0 Å². The summed E-state index contributed by atoms with van der Waals surface area (Å²) in [7, 11) is 0. The van der Waals surface area contributed by atoms with E-state index in [1.165, 1.54) is 0 Å². The quantitative estimate of drug-likeness (QED) is 0.456. The number of nitrogens with one attached hydrogen (secondary N) is 3. The molecule has 1 heterocycles. The van der Waals surface area contributed by atoms with E-state index < -0.39 is 0 Å². The fraction of sp³-hybridized carbons (Fsp3) is 0.667. The van der Waals surface area contributed by atoms with Gasteiger partial charge in [0.2, 0.25) is 0 Å². The maximum Gasteiger partial charge on any atom is 0.0574 e. The zero-order valence-corrected chi connectivity index (χ0v) is 5.49. The van der Waals surface area contributed by atoms with Crippen molar-refractivity contribution in [1.29, 1.82) is 10.8 Å². The van der Waals surface area contributed by atoms with Crippen molar-refractivity contribution < 1.29 is 0 Å². The van der Waals surface area contributed by atoms with Gasteiger partial charge in [0.1, 0.15) is 0 Å². The zero-order valence-electron chi connectivity index (χ0n) is 5.49. The lowest BCUT2D eigenvalue weighted by molar-refractivity contribution is 0.444. The molecule has 3 N–H and O–H groups in total. The Morgan fingerprint density at radius 2 is 2.00 bits per heavy atom. The molecule has 0 spiro atoms. The molecule has 1 aliphatic heterocycles. The average molecular weight is 125 g/mol. The molecule has 0 bridgehead atoms. The van der Waals surface area contributed by atoms with Crippen LogP contribution in [0.15, 0.2) is 0 Å². The monoisotopic (exact) mass is 125 g/mol. The van der Waals surface area contributed by atoms with Gasteiger partial charge in [-0.15, -0.1) is 0 Å². The molecule has 0 amide bonds. The van der Waals surface area contributed by atoms with E-state index in [1.807, 2.05) is 0 Å². The van der Waals surface area contributed by atoms with Crippen LogP contribution in [-0.2, 0) is 0 Å². The van der Waals surface area contributed by atoms with Crippen molar-refractivity contribution in [3.63, 3.8) is 0 Å². The Morgan fingerprint density at radius 3 is 2.11 bits per heavy atom. The van der Waals surface area contributed by atoms with E-state index in [4.69, 9.17) is 10.8 Å². The van der Waals surface area contributed by atoms with Crippen molar-refractivity contribution in [2.24, 2.45) is 5.92 Å². The molecule has 50 valence electrons. The minimum Gasteiger partial charge on any atom is -0.315 e. The third-order valence-electron chi connectivity index (χ3n) is 1.59. The molecule has 0 aromatic carbocycles. The lowest BCUT2D eigenvalue weighted by Gasteiger charge is -2.27. The van der Waals surface area contributed by atoms with Crippen molar-refractivity contribution in [2.45, 2.75) is 6.92 Å². The largest absolute Gasteiger partial charge is 0.315 e. The van der Waals surface area contributed by atoms with E-state index >= 15 is 0 Å². The molecule has 0 atom stereocenters. The molecule has 1 saturated heterocycles. The van der Waals surface area contributed by atoms with Crippen LogP contribution < -0.4 is 5.32 Å². The molecule has 0 unspecified atom stereocenters. The summed E-state index contributed by atoms with van der Waals surface area (Å²) < 4.78 is 0. The highest BCUT2D eigenvalue weighted by Gasteiger charge is 2.22. The van der Waals surface area contributed by atoms with Gasteiger partial charge in [0, 0.05) is 24.7 Å². The van der Waals surface area contributed by atoms with Gasteiger partial charge in [0.25, 0.3) is 0 Å². The van der Waals surface area contributed by atoms with Gasteiger partial charge in [-0.05, 0) is 6.92 Å². The van der Waals surface area contributed by atoms with Gasteiger partial charge in [-0.25, -0.2) is 0 Å². The highest BCUT2D eigenvalue weighted by atomic mass is 15.0. The van der Waals surface area contributed by atoms with Crippen LogP contribution in [-0.4, -0.2) is 24.5 Å². The van der Waals surface area contributed by atoms with Crippen molar-refractivity contribution in [1.82, 2.24) is 5.32 Å². The van der Waals surface area contributed by atoms with Crippen LogP contribution in [0.1, 0.15) is 6.92 Å². The molecule has 9 heavy (non-hydrogen) atoms. The van der Waals surface area contributed by atoms with Crippen LogP contribution in [0.2, 0.25) is 0 Å². The van der Waals surface area contributed by atoms with Crippen LogP contribution in [0.25, 0.3) is 0 Å². The molecule has 1 rings (SSSR count). The normalized spacial score (nSPS) is 18.8. The molecule has 0 aromatic rings. The van der Waals surface area contributed by atoms with E-state index in [9.17, 15) is 0 Å². The Hall–Kier alpha value is -0.700. The smallest absolute Gasteiger partial charge is 0.0574 e. The molecule has 3 heteroatoms. The highest BCUT2D eigenvalue weighted by molar-refractivity contribution is 6.40. The topological polar surface area (TPSA) is 59.7 Å². The van der Waals surface area contributed by atoms with E-state index in [1.54, 1.807) is 6.92 Å².